The number of hydrogen-bond donors (Lipinski definition) is 5. The van der Waals surface area contributed by atoms with Gasteiger partial charge in [0.25, 0.3) is 0 Å². The molecular weight excluding hydrogens is 506 g/mol. The maximum Gasteiger partial charge on any atom is 1.00 e. The number of nitrogens with two attached hydrogens (primary N) is 1. The molecule has 0 bridgehead atoms. The third-order valence-corrected chi connectivity index (χ3v) is 7.50. The summed E-state index contributed by atoms with van der Waals surface area (Å²) in [6.07, 6.45) is -4.38. The number of ether oxygens (including phenoxy) is 2. The number of aromatic hydroxyl groups is 2. The lowest BCUT2D eigenvalue weighted by atomic mass is 9.72. The summed E-state index contributed by atoms with van der Waals surface area (Å²) in [5.41, 5.74) is 3.38. The summed E-state index contributed by atoms with van der Waals surface area (Å²) in [6, 6.07) is 5.40. The molecule has 10 nitrogen and oxygen atoms in total. The van der Waals surface area contributed by atoms with Crippen LogP contribution in [0.2, 0.25) is 0 Å². The second kappa shape index (κ2) is 9.46. The maximum atomic E-state index is 13.3. The van der Waals surface area contributed by atoms with Crippen LogP contribution in [0.5, 0.6) is 11.5 Å². The molecule has 5 rings (SSSR count). The van der Waals surface area contributed by atoms with Crippen LogP contribution in [0.3, 0.4) is 0 Å². The summed E-state index contributed by atoms with van der Waals surface area (Å²) in [5.74, 6) is -3.06. The number of fused-ring (bicyclic) bond motifs is 3. The first-order chi connectivity index (χ1) is 16.9. The molecule has 0 amide bonds. The van der Waals surface area contributed by atoms with Crippen LogP contribution in [-0.4, -0.2) is 67.9 Å². The van der Waals surface area contributed by atoms with Crippen LogP contribution in [0, 0.1) is 0 Å². The molecule has 1 saturated heterocycles. The molecule has 0 saturated carbocycles. The Morgan fingerprint density at radius 1 is 1.14 bits per heavy atom. The maximum absolute atomic E-state index is 13.3. The Morgan fingerprint density at radius 3 is 2.24 bits per heavy atom. The second-order valence-electron chi connectivity index (χ2n) is 9.80. The van der Waals surface area contributed by atoms with Gasteiger partial charge in [0.2, 0.25) is 0 Å². The number of ketones is 3. The van der Waals surface area contributed by atoms with Crippen LogP contribution in [0.1, 0.15) is 77.2 Å². The number of halogens is 1. The topological polar surface area (TPSA) is 177 Å². The van der Waals surface area contributed by atoms with Crippen LogP contribution >= 0.6 is 0 Å². The van der Waals surface area contributed by atoms with Crippen molar-refractivity contribution in [3.63, 3.8) is 0 Å². The molecule has 6 atom stereocenters. The number of rotatable bonds is 3. The van der Waals surface area contributed by atoms with Gasteiger partial charge in [-0.2, -0.15) is 0 Å². The van der Waals surface area contributed by atoms with Crippen LogP contribution in [0.25, 0.3) is 0 Å². The molecule has 1 heterocycles. The summed E-state index contributed by atoms with van der Waals surface area (Å²) in [5, 5.41) is 43.8. The van der Waals surface area contributed by atoms with Gasteiger partial charge in [-0.1, -0.05) is 24.3 Å². The van der Waals surface area contributed by atoms with Crippen molar-refractivity contribution in [2.24, 2.45) is 5.73 Å². The van der Waals surface area contributed by atoms with Crippen molar-refractivity contribution in [2.75, 3.05) is 0 Å². The summed E-state index contributed by atoms with van der Waals surface area (Å²) < 4.78 is 11.8. The zero-order valence-electron chi connectivity index (χ0n) is 21.1. The molecule has 2 aromatic carbocycles. The van der Waals surface area contributed by atoms with Gasteiger partial charge in [0, 0.05) is 47.6 Å². The van der Waals surface area contributed by atoms with Gasteiger partial charge in [-0.25, -0.2) is 0 Å². The van der Waals surface area contributed by atoms with E-state index in [2.05, 4.69) is 0 Å². The lowest BCUT2D eigenvalue weighted by Crippen LogP contribution is -3.00. The highest BCUT2D eigenvalue weighted by molar-refractivity contribution is 6.30. The third-order valence-electron chi connectivity index (χ3n) is 7.50. The quantitative estimate of drug-likeness (QED) is 0.240. The number of carbonyl (C=O) groups is 3. The van der Waals surface area contributed by atoms with E-state index in [1.165, 1.54) is 19.1 Å². The van der Waals surface area contributed by atoms with Crippen molar-refractivity contribution in [2.45, 2.75) is 69.4 Å². The summed E-state index contributed by atoms with van der Waals surface area (Å²) in [7, 11) is 0. The van der Waals surface area contributed by atoms with Crippen LogP contribution in [0.15, 0.2) is 24.3 Å². The molecule has 0 radical (unpaired) electrons. The van der Waals surface area contributed by atoms with E-state index in [4.69, 9.17) is 15.2 Å². The van der Waals surface area contributed by atoms with Gasteiger partial charge in [0.15, 0.2) is 23.6 Å². The Morgan fingerprint density at radius 2 is 1.70 bits per heavy atom. The molecule has 1 fully saturated rings. The van der Waals surface area contributed by atoms with Gasteiger partial charge in [0.05, 0.1) is 29.4 Å². The Labute approximate surface area is 219 Å². The Hall–Kier alpha value is -2.86. The van der Waals surface area contributed by atoms with E-state index in [0.717, 1.165) is 0 Å². The van der Waals surface area contributed by atoms with Crippen molar-refractivity contribution < 1.29 is 58.1 Å². The Bertz CT molecular complexity index is 1310. The first kappa shape index (κ1) is 27.2. The van der Waals surface area contributed by atoms with Crippen molar-refractivity contribution in [1.82, 2.24) is 0 Å². The monoisotopic (exact) mass is 533 g/mol. The first-order valence-corrected chi connectivity index (χ1v) is 11.7. The van der Waals surface area contributed by atoms with Crippen molar-refractivity contribution in [3.05, 3.63) is 57.6 Å². The Kier molecular flexibility index (Phi) is 6.95. The fraction of sp³-hybridized carbons (Fsp3) is 0.423. The van der Waals surface area contributed by atoms with Crippen LogP contribution < -0.4 is 18.1 Å². The zero-order valence-corrected chi connectivity index (χ0v) is 20.9. The van der Waals surface area contributed by atoms with Crippen molar-refractivity contribution in [1.29, 1.82) is 0 Å². The number of aliphatic hydroxyl groups is 2. The van der Waals surface area contributed by atoms with E-state index in [-0.39, 0.29) is 60.1 Å². The minimum Gasteiger partial charge on any atom is -1.00 e. The molecule has 11 heteroatoms. The molecular formula is C26H28ClNO9. The van der Waals surface area contributed by atoms with E-state index in [1.807, 2.05) is 0 Å². The Balaban J connectivity index is 0.00000200. The number of hydrogen-bond acceptors (Lipinski definition) is 10. The highest BCUT2D eigenvalue weighted by Crippen LogP contribution is 2.51. The molecule has 0 spiro atoms. The van der Waals surface area contributed by atoms with E-state index in [0.29, 0.717) is 0 Å². The fourth-order valence-electron chi connectivity index (χ4n) is 5.42. The standard InChI is InChI=1S/C26H27NO9.ClH/c1-10-21(29)15(27)7-17(35-10)36-16-9-26(34,11(2)28)8-14-18(16)25(33)20-19(24(14)32)22(30)12-5-3-4-6-13(12)23(20)31;/h3-6,10,15-17,21,29,32-34H,7-9,27H2,1-2H3;1H/t10?,15?,16-,17?,21?,26-;/m0./s1. The van der Waals surface area contributed by atoms with E-state index >= 15 is 0 Å². The van der Waals surface area contributed by atoms with Crippen molar-refractivity contribution >= 4 is 17.3 Å². The van der Waals surface area contributed by atoms with E-state index < -0.39 is 71.5 Å². The van der Waals surface area contributed by atoms with Gasteiger partial charge in [-0.3, -0.25) is 14.4 Å². The SMILES string of the molecule is CC(=O)[C@]1(O)Cc2c(O)c3c(c(O)c2[C@@H](OC2CC(N)C(O)C(C)O2)C1)C(=O)c1ccccc1C3=O.[Cl-].[H+]. The highest BCUT2D eigenvalue weighted by Gasteiger charge is 2.49. The van der Waals surface area contributed by atoms with Crippen LogP contribution in [-0.2, 0) is 20.7 Å². The smallest absolute Gasteiger partial charge is 1.00 e. The van der Waals surface area contributed by atoms with E-state index in [9.17, 15) is 34.8 Å². The van der Waals surface area contributed by atoms with Crippen LogP contribution in [0.4, 0.5) is 0 Å². The molecule has 1 aliphatic heterocycles. The molecule has 3 aliphatic rings. The summed E-state index contributed by atoms with van der Waals surface area (Å²) >= 11 is 0. The second-order valence-corrected chi connectivity index (χ2v) is 9.80. The molecule has 198 valence electrons. The third kappa shape index (κ3) is 4.14. The minimum atomic E-state index is -1.97. The fourth-order valence-corrected chi connectivity index (χ4v) is 5.42. The lowest BCUT2D eigenvalue weighted by Gasteiger charge is -2.42. The van der Waals surface area contributed by atoms with Gasteiger partial charge < -0.3 is 48.0 Å². The normalized spacial score (nSPS) is 30.6. The molecule has 2 aromatic rings. The average molecular weight is 534 g/mol. The lowest BCUT2D eigenvalue weighted by molar-refractivity contribution is -0.247. The minimum absolute atomic E-state index is 0. The van der Waals surface area contributed by atoms with Crippen molar-refractivity contribution in [3.8, 4) is 11.5 Å². The summed E-state index contributed by atoms with van der Waals surface area (Å²) in [4.78, 5) is 39.0. The van der Waals surface area contributed by atoms with E-state index in [1.54, 1.807) is 19.1 Å². The largest absolute Gasteiger partial charge is 1.00 e. The average Bonchev–Trinajstić information content (AvgIpc) is 2.82. The predicted octanol–water partition coefficient (Wildman–Crippen LogP) is -1.86. The molecule has 2 aliphatic carbocycles. The molecule has 37 heavy (non-hydrogen) atoms. The van der Waals surface area contributed by atoms with Gasteiger partial charge >= 0.3 is 1.43 Å². The predicted molar refractivity (Wildman–Crippen MR) is 125 cm³/mol. The number of phenols is 2. The van der Waals surface area contributed by atoms with Gasteiger partial charge in [0.1, 0.15) is 17.1 Å². The molecule has 4 unspecified atom stereocenters. The number of benzene rings is 2. The zero-order chi connectivity index (χ0) is 26.1. The van der Waals surface area contributed by atoms with Gasteiger partial charge in [-0.15, -0.1) is 0 Å². The first-order valence-electron chi connectivity index (χ1n) is 11.7. The number of Topliss-reactive ketones (excluding diaryl/α,β-unsaturated/α-hetero) is 1. The van der Waals surface area contributed by atoms with Gasteiger partial charge in [-0.05, 0) is 13.8 Å². The molecule has 6 N–H and O–H groups in total. The highest BCUT2D eigenvalue weighted by atomic mass is 35.5. The summed E-state index contributed by atoms with van der Waals surface area (Å²) in [6.45, 7) is 2.80. The number of aliphatic hydroxyl groups excluding tert-OH is 1. The molecule has 0 aromatic heterocycles. The number of carbonyl (C=O) groups excluding carboxylic acids is 3. The number of phenolic OH excluding ortho intramolecular Hbond substituents is 2.